The highest BCUT2D eigenvalue weighted by Gasteiger charge is 2.14. The van der Waals surface area contributed by atoms with Gasteiger partial charge in [-0.2, -0.15) is 5.26 Å². The minimum atomic E-state index is -0.838. The molecular weight excluding hydrogens is 296 g/mol. The Morgan fingerprint density at radius 3 is 2.89 bits per heavy atom. The van der Waals surface area contributed by atoms with E-state index in [9.17, 15) is 4.79 Å². The Kier molecular flexibility index (Phi) is 5.66. The minimum absolute atomic E-state index is 0.0468. The Bertz CT molecular complexity index is 469. The first kappa shape index (κ1) is 14.5. The summed E-state index contributed by atoms with van der Waals surface area (Å²) < 4.78 is 0.709. The topological polar surface area (TPSA) is 73.1 Å². The van der Waals surface area contributed by atoms with Crippen molar-refractivity contribution in [3.63, 3.8) is 0 Å². The van der Waals surface area contributed by atoms with Gasteiger partial charge in [0.05, 0.1) is 17.7 Å². The Balaban J connectivity index is 2.90. The van der Waals surface area contributed by atoms with E-state index in [1.165, 1.54) is 0 Å². The molecule has 0 fully saturated rings. The summed E-state index contributed by atoms with van der Waals surface area (Å²) in [7, 11) is 0. The van der Waals surface area contributed by atoms with Crippen LogP contribution < -0.4 is 5.32 Å². The highest BCUT2D eigenvalue weighted by molar-refractivity contribution is 9.10. The largest absolute Gasteiger partial charge is 0.481 e. The molecule has 18 heavy (non-hydrogen) atoms. The normalized spacial score (nSPS) is 11.6. The van der Waals surface area contributed by atoms with Crippen LogP contribution in [0.4, 0.5) is 5.69 Å². The highest BCUT2D eigenvalue weighted by atomic mass is 79.9. The van der Waals surface area contributed by atoms with Crippen LogP contribution in [0.3, 0.4) is 0 Å². The molecule has 0 radical (unpaired) electrons. The zero-order chi connectivity index (χ0) is 13.5. The monoisotopic (exact) mass is 310 g/mol. The molecular formula is C13H15BrN2O2. The fourth-order valence-corrected chi connectivity index (χ4v) is 2.22. The number of anilines is 1. The van der Waals surface area contributed by atoms with Crippen LogP contribution in [-0.2, 0) is 4.79 Å². The lowest BCUT2D eigenvalue weighted by molar-refractivity contribution is -0.137. The predicted molar refractivity (Wildman–Crippen MR) is 73.4 cm³/mol. The Morgan fingerprint density at radius 1 is 1.61 bits per heavy atom. The van der Waals surface area contributed by atoms with E-state index in [2.05, 4.69) is 27.3 Å². The van der Waals surface area contributed by atoms with Gasteiger partial charge in [0, 0.05) is 10.5 Å². The molecule has 0 saturated carbocycles. The molecule has 5 heteroatoms. The smallest absolute Gasteiger partial charge is 0.305 e. The van der Waals surface area contributed by atoms with E-state index < -0.39 is 5.97 Å². The van der Waals surface area contributed by atoms with Crippen molar-refractivity contribution in [1.29, 1.82) is 5.26 Å². The van der Waals surface area contributed by atoms with Gasteiger partial charge < -0.3 is 10.4 Å². The second-order valence-electron chi connectivity index (χ2n) is 4.00. The molecule has 0 amide bonds. The summed E-state index contributed by atoms with van der Waals surface area (Å²) >= 11 is 3.31. The van der Waals surface area contributed by atoms with Gasteiger partial charge in [-0.1, -0.05) is 19.4 Å². The van der Waals surface area contributed by atoms with Gasteiger partial charge in [-0.25, -0.2) is 0 Å². The van der Waals surface area contributed by atoms with Gasteiger partial charge in [0.25, 0.3) is 0 Å². The molecule has 96 valence electrons. The maximum absolute atomic E-state index is 10.8. The second kappa shape index (κ2) is 7.02. The summed E-state index contributed by atoms with van der Waals surface area (Å²) in [5.74, 6) is -0.838. The molecule has 0 aliphatic rings. The summed E-state index contributed by atoms with van der Waals surface area (Å²) in [5.41, 5.74) is 1.18. The number of benzene rings is 1. The van der Waals surface area contributed by atoms with Gasteiger partial charge in [-0.05, 0) is 34.5 Å². The van der Waals surface area contributed by atoms with Crippen LogP contribution >= 0.6 is 15.9 Å². The van der Waals surface area contributed by atoms with E-state index in [0.717, 1.165) is 12.8 Å². The van der Waals surface area contributed by atoms with Gasteiger partial charge in [0.2, 0.25) is 0 Å². The third kappa shape index (κ3) is 4.04. The molecule has 0 bridgehead atoms. The number of hydrogen-bond donors (Lipinski definition) is 2. The standard InChI is InChI=1S/C13H15BrN2O2/c1-2-4-9(7-13(17)18)16-12-6-3-5-11(14)10(12)8-15/h3,5-6,9,16H,2,4,7H2,1H3,(H,17,18). The van der Waals surface area contributed by atoms with Crippen molar-refractivity contribution in [3.8, 4) is 6.07 Å². The summed E-state index contributed by atoms with van der Waals surface area (Å²) in [5, 5.41) is 21.1. The van der Waals surface area contributed by atoms with Crippen LogP contribution in [0.5, 0.6) is 0 Å². The van der Waals surface area contributed by atoms with Gasteiger partial charge >= 0.3 is 5.97 Å². The molecule has 0 aromatic heterocycles. The number of hydrogen-bond acceptors (Lipinski definition) is 3. The molecule has 1 unspecified atom stereocenters. The molecule has 1 atom stereocenters. The van der Waals surface area contributed by atoms with E-state index in [1.54, 1.807) is 12.1 Å². The number of aliphatic carboxylic acids is 1. The van der Waals surface area contributed by atoms with E-state index in [4.69, 9.17) is 10.4 Å². The van der Waals surface area contributed by atoms with Crippen molar-refractivity contribution in [2.24, 2.45) is 0 Å². The van der Waals surface area contributed by atoms with Crippen LogP contribution in [0.25, 0.3) is 0 Å². The number of halogens is 1. The average Bonchev–Trinajstić information content (AvgIpc) is 2.28. The van der Waals surface area contributed by atoms with Crippen molar-refractivity contribution in [3.05, 3.63) is 28.2 Å². The lowest BCUT2D eigenvalue weighted by atomic mass is 10.1. The van der Waals surface area contributed by atoms with Gasteiger partial charge in [-0.3, -0.25) is 4.79 Å². The number of carboxylic acid groups (broad SMARTS) is 1. The maximum atomic E-state index is 10.8. The highest BCUT2D eigenvalue weighted by Crippen LogP contribution is 2.25. The lowest BCUT2D eigenvalue weighted by Gasteiger charge is -2.18. The lowest BCUT2D eigenvalue weighted by Crippen LogP contribution is -2.23. The van der Waals surface area contributed by atoms with Crippen molar-refractivity contribution < 1.29 is 9.90 Å². The predicted octanol–water partition coefficient (Wildman–Crippen LogP) is 3.38. The number of carbonyl (C=O) groups is 1. The van der Waals surface area contributed by atoms with Gasteiger partial charge in [0.1, 0.15) is 6.07 Å². The van der Waals surface area contributed by atoms with Gasteiger partial charge in [-0.15, -0.1) is 0 Å². The molecule has 0 spiro atoms. The van der Waals surface area contributed by atoms with E-state index in [0.29, 0.717) is 15.7 Å². The van der Waals surface area contributed by atoms with Crippen molar-refractivity contribution >= 4 is 27.6 Å². The molecule has 0 saturated heterocycles. The molecule has 1 rings (SSSR count). The fourth-order valence-electron chi connectivity index (χ4n) is 1.76. The first-order valence-electron chi connectivity index (χ1n) is 5.75. The first-order valence-corrected chi connectivity index (χ1v) is 6.54. The second-order valence-corrected chi connectivity index (χ2v) is 4.86. The third-order valence-corrected chi connectivity index (χ3v) is 3.20. The zero-order valence-corrected chi connectivity index (χ0v) is 11.7. The number of nitrogens with zero attached hydrogens (tertiary/aromatic N) is 1. The van der Waals surface area contributed by atoms with Crippen molar-refractivity contribution in [2.45, 2.75) is 32.2 Å². The molecule has 0 heterocycles. The minimum Gasteiger partial charge on any atom is -0.481 e. The fraction of sp³-hybridized carbons (Fsp3) is 0.385. The Morgan fingerprint density at radius 2 is 2.33 bits per heavy atom. The molecule has 2 N–H and O–H groups in total. The third-order valence-electron chi connectivity index (χ3n) is 2.54. The SMILES string of the molecule is CCCC(CC(=O)O)Nc1cccc(Br)c1C#N. The van der Waals surface area contributed by atoms with Gasteiger partial charge in [0.15, 0.2) is 0 Å². The molecule has 0 aliphatic carbocycles. The summed E-state index contributed by atoms with van der Waals surface area (Å²) in [6.45, 7) is 2.00. The summed E-state index contributed by atoms with van der Waals surface area (Å²) in [4.78, 5) is 10.8. The average molecular weight is 311 g/mol. The van der Waals surface area contributed by atoms with E-state index in [-0.39, 0.29) is 12.5 Å². The van der Waals surface area contributed by atoms with Crippen LogP contribution in [0.15, 0.2) is 22.7 Å². The summed E-state index contributed by atoms with van der Waals surface area (Å²) in [6, 6.07) is 7.34. The number of carboxylic acids is 1. The molecule has 1 aromatic rings. The van der Waals surface area contributed by atoms with Crippen molar-refractivity contribution in [1.82, 2.24) is 0 Å². The van der Waals surface area contributed by atoms with Crippen LogP contribution in [0.1, 0.15) is 31.7 Å². The maximum Gasteiger partial charge on any atom is 0.305 e. The van der Waals surface area contributed by atoms with Crippen LogP contribution in [0.2, 0.25) is 0 Å². The molecule has 0 aliphatic heterocycles. The van der Waals surface area contributed by atoms with Crippen LogP contribution in [0, 0.1) is 11.3 Å². The molecule has 1 aromatic carbocycles. The Labute approximate surface area is 115 Å². The zero-order valence-electron chi connectivity index (χ0n) is 10.1. The van der Waals surface area contributed by atoms with E-state index in [1.807, 2.05) is 13.0 Å². The number of rotatable bonds is 6. The Hall–Kier alpha value is -1.54. The molecule has 4 nitrogen and oxygen atoms in total. The number of nitrogens with one attached hydrogen (secondary N) is 1. The van der Waals surface area contributed by atoms with E-state index >= 15 is 0 Å². The summed E-state index contributed by atoms with van der Waals surface area (Å²) in [6.07, 6.45) is 1.69. The van der Waals surface area contributed by atoms with Crippen LogP contribution in [-0.4, -0.2) is 17.1 Å². The number of nitriles is 1. The quantitative estimate of drug-likeness (QED) is 0.844. The van der Waals surface area contributed by atoms with Crippen molar-refractivity contribution in [2.75, 3.05) is 5.32 Å². The first-order chi connectivity index (χ1) is 8.58.